The van der Waals surface area contributed by atoms with Crippen LogP contribution in [0.25, 0.3) is 6.08 Å². The summed E-state index contributed by atoms with van der Waals surface area (Å²) in [5, 5.41) is 11.7. The van der Waals surface area contributed by atoms with E-state index in [2.05, 4.69) is 5.32 Å². The number of rotatable bonds is 6. The molecule has 8 nitrogen and oxygen atoms in total. The molecule has 1 aromatic carbocycles. The SMILES string of the molecule is CC(=O)OCC1=C(C(=O)O)N2C(=O)C(NC(=O)C(C)=Cc3ccccc3)C2SC1. The van der Waals surface area contributed by atoms with Crippen LogP contribution in [0.4, 0.5) is 0 Å². The van der Waals surface area contributed by atoms with E-state index in [4.69, 9.17) is 4.74 Å². The fourth-order valence-corrected chi connectivity index (χ4v) is 4.43. The molecule has 2 atom stereocenters. The molecule has 0 aromatic heterocycles. The number of fused-ring (bicyclic) bond motifs is 1. The Morgan fingerprint density at radius 2 is 1.97 bits per heavy atom. The van der Waals surface area contributed by atoms with Crippen molar-refractivity contribution in [2.75, 3.05) is 12.4 Å². The Hall–Kier alpha value is -3.07. The van der Waals surface area contributed by atoms with Crippen molar-refractivity contribution in [3.8, 4) is 0 Å². The molecule has 2 N–H and O–H groups in total. The van der Waals surface area contributed by atoms with Gasteiger partial charge >= 0.3 is 11.9 Å². The second kappa shape index (κ2) is 8.52. The second-order valence-corrected chi connectivity index (χ2v) is 7.74. The van der Waals surface area contributed by atoms with E-state index in [0.29, 0.717) is 11.1 Å². The van der Waals surface area contributed by atoms with Crippen LogP contribution in [-0.4, -0.2) is 57.5 Å². The third-order valence-electron chi connectivity index (χ3n) is 4.53. The maximum Gasteiger partial charge on any atom is 0.352 e. The summed E-state index contributed by atoms with van der Waals surface area (Å²) in [4.78, 5) is 48.9. The van der Waals surface area contributed by atoms with Crippen molar-refractivity contribution in [1.29, 1.82) is 0 Å². The molecule has 152 valence electrons. The normalized spacial score (nSPS) is 21.2. The fourth-order valence-electron chi connectivity index (χ4n) is 3.10. The third-order valence-corrected chi connectivity index (χ3v) is 5.87. The van der Waals surface area contributed by atoms with Gasteiger partial charge in [-0.05, 0) is 18.6 Å². The predicted molar refractivity (Wildman–Crippen MR) is 106 cm³/mol. The Bertz CT molecular complexity index is 924. The van der Waals surface area contributed by atoms with Crippen molar-refractivity contribution in [2.24, 2.45) is 0 Å². The third kappa shape index (κ3) is 4.34. The Morgan fingerprint density at radius 3 is 2.59 bits per heavy atom. The van der Waals surface area contributed by atoms with Gasteiger partial charge in [0.15, 0.2) is 0 Å². The molecule has 0 saturated carbocycles. The number of carboxylic acids is 1. The van der Waals surface area contributed by atoms with Gasteiger partial charge in [-0.2, -0.15) is 0 Å². The average Bonchev–Trinajstić information content (AvgIpc) is 2.69. The number of carbonyl (C=O) groups is 4. The van der Waals surface area contributed by atoms with E-state index in [1.807, 2.05) is 30.3 Å². The van der Waals surface area contributed by atoms with Crippen LogP contribution in [0.3, 0.4) is 0 Å². The van der Waals surface area contributed by atoms with E-state index in [-0.39, 0.29) is 24.0 Å². The first-order valence-corrected chi connectivity index (χ1v) is 9.92. The van der Waals surface area contributed by atoms with Gasteiger partial charge < -0.3 is 15.2 Å². The summed E-state index contributed by atoms with van der Waals surface area (Å²) in [6, 6.07) is 8.50. The lowest BCUT2D eigenvalue weighted by Gasteiger charge is -2.49. The summed E-state index contributed by atoms with van der Waals surface area (Å²) in [6.45, 7) is 2.69. The first kappa shape index (κ1) is 20.7. The molecule has 0 radical (unpaired) electrons. The number of esters is 1. The summed E-state index contributed by atoms with van der Waals surface area (Å²) in [6.07, 6.45) is 1.71. The molecule has 1 fully saturated rings. The van der Waals surface area contributed by atoms with Crippen LogP contribution in [0.2, 0.25) is 0 Å². The van der Waals surface area contributed by atoms with Crippen LogP contribution in [0.15, 0.2) is 47.2 Å². The number of hydrogen-bond acceptors (Lipinski definition) is 6. The maximum atomic E-state index is 12.6. The smallest absolute Gasteiger partial charge is 0.352 e. The van der Waals surface area contributed by atoms with Gasteiger partial charge in [0.05, 0.1) is 0 Å². The van der Waals surface area contributed by atoms with Crippen LogP contribution in [0, 0.1) is 0 Å². The molecule has 2 unspecified atom stereocenters. The molecule has 2 aliphatic rings. The summed E-state index contributed by atoms with van der Waals surface area (Å²) in [7, 11) is 0. The van der Waals surface area contributed by atoms with Crippen LogP contribution in [-0.2, 0) is 23.9 Å². The molecule has 9 heteroatoms. The highest BCUT2D eigenvalue weighted by atomic mass is 32.2. The van der Waals surface area contributed by atoms with Crippen molar-refractivity contribution in [3.63, 3.8) is 0 Å². The van der Waals surface area contributed by atoms with E-state index >= 15 is 0 Å². The Labute approximate surface area is 171 Å². The van der Waals surface area contributed by atoms with E-state index in [1.165, 1.54) is 18.7 Å². The van der Waals surface area contributed by atoms with Gasteiger partial charge in [0.1, 0.15) is 23.7 Å². The Balaban J connectivity index is 1.72. The van der Waals surface area contributed by atoms with Crippen LogP contribution >= 0.6 is 11.8 Å². The molecular weight excluding hydrogens is 396 g/mol. The molecular formula is C20H20N2O6S. The highest BCUT2D eigenvalue weighted by Crippen LogP contribution is 2.40. The summed E-state index contributed by atoms with van der Waals surface area (Å²) < 4.78 is 4.90. The molecule has 0 aliphatic carbocycles. The number of benzene rings is 1. The quantitative estimate of drug-likeness (QED) is 0.409. The fraction of sp³-hybridized carbons (Fsp3) is 0.300. The largest absolute Gasteiger partial charge is 0.477 e. The minimum Gasteiger partial charge on any atom is -0.477 e. The number of hydrogen-bond donors (Lipinski definition) is 2. The second-order valence-electron chi connectivity index (χ2n) is 6.64. The highest BCUT2D eigenvalue weighted by Gasteiger charge is 2.54. The molecule has 0 bridgehead atoms. The number of amides is 2. The molecule has 3 rings (SSSR count). The van der Waals surface area contributed by atoms with E-state index < -0.39 is 29.3 Å². The Morgan fingerprint density at radius 1 is 1.28 bits per heavy atom. The van der Waals surface area contributed by atoms with Gasteiger partial charge in [-0.15, -0.1) is 11.8 Å². The van der Waals surface area contributed by atoms with E-state index in [1.54, 1.807) is 13.0 Å². The van der Waals surface area contributed by atoms with Crippen molar-refractivity contribution < 1.29 is 29.0 Å². The lowest BCUT2D eigenvalue weighted by Crippen LogP contribution is -2.70. The van der Waals surface area contributed by atoms with Gasteiger partial charge in [0, 0.05) is 23.8 Å². The molecule has 2 aliphatic heterocycles. The van der Waals surface area contributed by atoms with E-state index in [0.717, 1.165) is 10.5 Å². The Kier molecular flexibility index (Phi) is 6.07. The van der Waals surface area contributed by atoms with E-state index in [9.17, 15) is 24.3 Å². The first-order chi connectivity index (χ1) is 13.8. The number of β-lactam (4-membered cyclic amide) rings is 1. The average molecular weight is 416 g/mol. The number of nitrogens with one attached hydrogen (secondary N) is 1. The summed E-state index contributed by atoms with van der Waals surface area (Å²) in [5.41, 5.74) is 1.47. The standard InChI is InChI=1S/C20H20N2O6S/c1-11(8-13-6-4-3-5-7-13)17(24)21-15-18(25)22-16(20(26)27)14(9-28-12(2)23)10-29-19(15)22/h3-8,15,19H,9-10H2,1-2H3,(H,21,24)(H,26,27). The highest BCUT2D eigenvalue weighted by molar-refractivity contribution is 8.00. The van der Waals surface area contributed by atoms with Crippen molar-refractivity contribution in [2.45, 2.75) is 25.3 Å². The number of carbonyl (C=O) groups excluding carboxylic acids is 3. The van der Waals surface area contributed by atoms with Crippen LogP contribution < -0.4 is 5.32 Å². The predicted octanol–water partition coefficient (Wildman–Crippen LogP) is 1.39. The molecule has 2 heterocycles. The number of carboxylic acid groups (broad SMARTS) is 1. The number of nitrogens with zero attached hydrogens (tertiary/aromatic N) is 1. The monoisotopic (exact) mass is 416 g/mol. The van der Waals surface area contributed by atoms with Gasteiger partial charge in [-0.1, -0.05) is 30.3 Å². The van der Waals surface area contributed by atoms with Gasteiger partial charge in [-0.3, -0.25) is 19.3 Å². The zero-order valence-corrected chi connectivity index (χ0v) is 16.7. The summed E-state index contributed by atoms with van der Waals surface area (Å²) >= 11 is 1.32. The zero-order valence-electron chi connectivity index (χ0n) is 15.9. The zero-order chi connectivity index (χ0) is 21.1. The van der Waals surface area contributed by atoms with Crippen molar-refractivity contribution in [1.82, 2.24) is 10.2 Å². The minimum absolute atomic E-state index is 0.179. The van der Waals surface area contributed by atoms with Gasteiger partial charge in [0.25, 0.3) is 5.91 Å². The lowest BCUT2D eigenvalue weighted by atomic mass is 10.0. The van der Waals surface area contributed by atoms with Crippen molar-refractivity contribution in [3.05, 3.63) is 52.7 Å². The molecule has 1 aromatic rings. The topological polar surface area (TPSA) is 113 Å². The van der Waals surface area contributed by atoms with Crippen molar-refractivity contribution >= 4 is 41.6 Å². The number of thioether (sulfide) groups is 1. The molecule has 1 saturated heterocycles. The summed E-state index contributed by atoms with van der Waals surface area (Å²) in [5.74, 6) is -2.40. The van der Waals surface area contributed by atoms with Gasteiger partial charge in [0.2, 0.25) is 5.91 Å². The lowest BCUT2D eigenvalue weighted by molar-refractivity contribution is -0.150. The molecule has 2 amide bonds. The minimum atomic E-state index is -1.27. The molecule has 29 heavy (non-hydrogen) atoms. The number of ether oxygens (including phenoxy) is 1. The first-order valence-electron chi connectivity index (χ1n) is 8.87. The van der Waals surface area contributed by atoms with Gasteiger partial charge in [-0.25, -0.2) is 4.79 Å². The van der Waals surface area contributed by atoms with Crippen LogP contribution in [0.1, 0.15) is 19.4 Å². The number of aliphatic carboxylic acids is 1. The molecule has 0 spiro atoms. The maximum absolute atomic E-state index is 12.6. The van der Waals surface area contributed by atoms with Crippen LogP contribution in [0.5, 0.6) is 0 Å².